The van der Waals surface area contributed by atoms with Gasteiger partial charge in [0.1, 0.15) is 0 Å². The molecule has 0 radical (unpaired) electrons. The molecule has 0 amide bonds. The van der Waals surface area contributed by atoms with Crippen molar-refractivity contribution in [1.82, 2.24) is 0 Å². The zero-order chi connectivity index (χ0) is 26.2. The summed E-state index contributed by atoms with van der Waals surface area (Å²) < 4.78 is 5.93. The molecule has 0 aliphatic carbocycles. The van der Waals surface area contributed by atoms with E-state index in [4.69, 9.17) is 0 Å². The van der Waals surface area contributed by atoms with Gasteiger partial charge in [-0.05, 0) is 133 Å². The average molecular weight is 722 g/mol. The lowest BCUT2D eigenvalue weighted by molar-refractivity contribution is 1.57. The molecular weight excluding hydrogens is 698 g/mol. The fraction of sp³-hybridized carbons (Fsp3) is 0. The first-order chi connectivity index (χ1) is 19.2. The fourth-order valence-electron chi connectivity index (χ4n) is 5.47. The van der Waals surface area contributed by atoms with Gasteiger partial charge in [-0.1, -0.05) is 118 Å². The van der Waals surface area contributed by atoms with Gasteiger partial charge in [0.05, 0.1) is 0 Å². The van der Waals surface area contributed by atoms with E-state index in [1.54, 1.807) is 0 Å². The van der Waals surface area contributed by atoms with E-state index >= 15 is 0 Å². The Labute approximate surface area is 252 Å². The Bertz CT molecular complexity index is 1940. The third-order valence-electron chi connectivity index (χ3n) is 7.41. The molecule has 0 fully saturated rings. The lowest BCUT2D eigenvalue weighted by atomic mass is 9.88. The molecule has 0 unspecified atom stereocenters. The summed E-state index contributed by atoms with van der Waals surface area (Å²) in [5.74, 6) is 0. The van der Waals surface area contributed by atoms with Crippen molar-refractivity contribution < 1.29 is 0 Å². The predicted molar refractivity (Wildman–Crippen MR) is 188 cm³/mol. The molecule has 0 atom stereocenters. The van der Waals surface area contributed by atoms with Crippen molar-refractivity contribution in [2.75, 3.05) is 0 Å². The number of rotatable bonds is 4. The highest BCUT2D eigenvalue weighted by Gasteiger charge is 2.14. The summed E-state index contributed by atoms with van der Waals surface area (Å²) in [7, 11) is 0. The van der Waals surface area contributed by atoms with Crippen LogP contribution in [0, 0.1) is 3.57 Å². The second kappa shape index (κ2) is 10.7. The number of benzene rings is 6. The summed E-state index contributed by atoms with van der Waals surface area (Å²) in [6.07, 6.45) is 4.57. The van der Waals surface area contributed by atoms with E-state index in [1.165, 1.54) is 69.6 Å². The standard InChI is InChI=1S/C37H24I2/c38-31-16-13-26(14-17-31)25-9-11-28(12-10-25)32-5-1-2-7-35(32)37-24-30-23-29(27-19-21-39-22-20-27)15-18-33(30)34-6-3-4-8-36(34)37/h1-24H. The molecule has 0 aromatic heterocycles. The van der Waals surface area contributed by atoms with Crippen LogP contribution >= 0.6 is 43.3 Å². The number of fused-ring (bicyclic) bond motifs is 3. The monoisotopic (exact) mass is 722 g/mol. The van der Waals surface area contributed by atoms with Gasteiger partial charge in [0.15, 0.2) is 0 Å². The normalized spacial score (nSPS) is 12.9. The summed E-state index contributed by atoms with van der Waals surface area (Å²) in [5, 5.41) is 5.16. The van der Waals surface area contributed by atoms with E-state index in [0.29, 0.717) is 0 Å². The van der Waals surface area contributed by atoms with Crippen LogP contribution in [0.25, 0.3) is 60.5 Å². The van der Waals surface area contributed by atoms with Crippen LogP contribution in [0.15, 0.2) is 138 Å². The Morgan fingerprint density at radius 2 is 1.13 bits per heavy atom. The molecule has 186 valence electrons. The third kappa shape index (κ3) is 4.81. The van der Waals surface area contributed by atoms with E-state index in [9.17, 15) is 0 Å². The van der Waals surface area contributed by atoms with Crippen LogP contribution in [0.5, 0.6) is 0 Å². The Hall–Kier alpha value is -3.35. The van der Waals surface area contributed by atoms with Crippen LogP contribution < -0.4 is 0 Å². The minimum atomic E-state index is 0.0744. The van der Waals surface area contributed by atoms with Gasteiger partial charge in [-0.3, -0.25) is 0 Å². The van der Waals surface area contributed by atoms with Crippen molar-refractivity contribution in [3.05, 3.63) is 147 Å². The second-order valence-corrected chi connectivity index (χ2v) is 13.1. The van der Waals surface area contributed by atoms with Gasteiger partial charge >= 0.3 is 0 Å². The first kappa shape index (κ1) is 24.7. The number of hydrogen-bond acceptors (Lipinski definition) is 0. The maximum Gasteiger partial charge on any atom is 0.0130 e. The van der Waals surface area contributed by atoms with E-state index in [1.807, 2.05) is 0 Å². The highest BCUT2D eigenvalue weighted by atomic mass is 127. The molecule has 0 spiro atoms. The van der Waals surface area contributed by atoms with Crippen molar-refractivity contribution in [3.8, 4) is 33.4 Å². The smallest absolute Gasteiger partial charge is 0.0130 e. The third-order valence-corrected chi connectivity index (χ3v) is 9.68. The lowest BCUT2D eigenvalue weighted by Gasteiger charge is -2.16. The topological polar surface area (TPSA) is 0 Å². The van der Waals surface area contributed by atoms with Gasteiger partial charge in [0.2, 0.25) is 0 Å². The zero-order valence-corrected chi connectivity index (χ0v) is 25.4. The molecule has 1 aliphatic heterocycles. The summed E-state index contributed by atoms with van der Waals surface area (Å²) in [6.45, 7) is 0. The van der Waals surface area contributed by atoms with Gasteiger partial charge in [-0.2, -0.15) is 0 Å². The van der Waals surface area contributed by atoms with Crippen molar-refractivity contribution in [2.24, 2.45) is 0 Å². The molecular formula is C37H24I2. The maximum absolute atomic E-state index is 2.39. The van der Waals surface area contributed by atoms with Gasteiger partial charge < -0.3 is 0 Å². The SMILES string of the molecule is Ic1ccc(-c2ccc(-c3ccccc3-c3cc4cc(C5=CC=IC=C5)ccc4c4ccccc34)cc2)cc1. The summed E-state index contributed by atoms with van der Waals surface area (Å²) >= 11 is 2.43. The van der Waals surface area contributed by atoms with Crippen molar-refractivity contribution in [2.45, 2.75) is 0 Å². The van der Waals surface area contributed by atoms with Crippen LogP contribution in [-0.4, -0.2) is 4.01 Å². The largest absolute Gasteiger partial charge is 0.0937 e. The van der Waals surface area contributed by atoms with Gasteiger partial charge in [0.25, 0.3) is 0 Å². The average Bonchev–Trinajstić information content (AvgIpc) is 3.01. The fourth-order valence-corrected chi connectivity index (χ4v) is 7.26. The molecule has 0 saturated carbocycles. The van der Waals surface area contributed by atoms with E-state index < -0.39 is 0 Å². The number of halogens is 2. The van der Waals surface area contributed by atoms with Crippen molar-refractivity contribution in [1.29, 1.82) is 0 Å². The van der Waals surface area contributed by atoms with E-state index in [0.717, 1.165) is 0 Å². The predicted octanol–water partition coefficient (Wildman–Crippen LogP) is 11.3. The van der Waals surface area contributed by atoms with E-state index in [-0.39, 0.29) is 20.7 Å². The van der Waals surface area contributed by atoms with Gasteiger partial charge in [0, 0.05) is 3.57 Å². The molecule has 1 heterocycles. The van der Waals surface area contributed by atoms with Crippen LogP contribution in [0.4, 0.5) is 0 Å². The van der Waals surface area contributed by atoms with Gasteiger partial charge in [-0.25, -0.2) is 0 Å². The first-order valence-electron chi connectivity index (χ1n) is 13.0. The molecule has 7 rings (SSSR count). The van der Waals surface area contributed by atoms with Crippen LogP contribution in [0.2, 0.25) is 0 Å². The number of allylic oxidation sites excluding steroid dienone is 3. The molecule has 0 saturated heterocycles. The summed E-state index contributed by atoms with van der Waals surface area (Å²) in [4.78, 5) is 0. The molecule has 39 heavy (non-hydrogen) atoms. The minimum absolute atomic E-state index is 0.0744. The Balaban J connectivity index is 1.39. The van der Waals surface area contributed by atoms with Crippen LogP contribution in [-0.2, 0) is 0 Å². The van der Waals surface area contributed by atoms with Crippen molar-refractivity contribution >= 4 is 74.5 Å². The van der Waals surface area contributed by atoms with Crippen LogP contribution in [0.3, 0.4) is 0 Å². The molecule has 1 aliphatic rings. The first-order valence-corrected chi connectivity index (χ1v) is 16.6. The molecule has 6 aromatic carbocycles. The lowest BCUT2D eigenvalue weighted by Crippen LogP contribution is -1.90. The zero-order valence-electron chi connectivity index (χ0n) is 21.1. The quantitative estimate of drug-likeness (QED) is 0.126. The summed E-state index contributed by atoms with van der Waals surface area (Å²) in [6, 6.07) is 44.7. The van der Waals surface area contributed by atoms with Crippen LogP contribution in [0.1, 0.15) is 5.56 Å². The Morgan fingerprint density at radius 1 is 0.487 bits per heavy atom. The Morgan fingerprint density at radius 3 is 1.87 bits per heavy atom. The highest BCUT2D eigenvalue weighted by Crippen LogP contribution is 2.40. The Kier molecular flexibility index (Phi) is 6.75. The molecule has 0 N–H and O–H groups in total. The van der Waals surface area contributed by atoms with E-state index in [2.05, 4.69) is 164 Å². The maximum atomic E-state index is 2.39. The number of hydrogen-bond donors (Lipinski definition) is 0. The second-order valence-electron chi connectivity index (χ2n) is 9.70. The van der Waals surface area contributed by atoms with Gasteiger partial charge in [-0.15, -0.1) is 0 Å². The molecule has 0 nitrogen and oxygen atoms in total. The highest BCUT2D eigenvalue weighted by molar-refractivity contribution is 14.2. The molecule has 2 heteroatoms. The molecule has 6 aromatic rings. The minimum Gasteiger partial charge on any atom is -0.0937 e. The summed E-state index contributed by atoms with van der Waals surface area (Å²) in [5.41, 5.74) is 10.1. The molecule has 0 bridgehead atoms. The van der Waals surface area contributed by atoms with Crippen molar-refractivity contribution in [3.63, 3.8) is 0 Å².